The highest BCUT2D eigenvalue weighted by atomic mass is 35.5. The Morgan fingerprint density at radius 1 is 1.48 bits per heavy atom. The van der Waals surface area contributed by atoms with Gasteiger partial charge in [-0.15, -0.1) is 0 Å². The third kappa shape index (κ3) is 5.30. The summed E-state index contributed by atoms with van der Waals surface area (Å²) in [5.74, 6) is 0.639. The van der Waals surface area contributed by atoms with Gasteiger partial charge in [0.25, 0.3) is 0 Å². The van der Waals surface area contributed by atoms with Crippen LogP contribution in [0.2, 0.25) is 5.02 Å². The summed E-state index contributed by atoms with van der Waals surface area (Å²) < 4.78 is 0. The molecule has 1 fully saturated rings. The van der Waals surface area contributed by atoms with Gasteiger partial charge in [0.2, 0.25) is 5.91 Å². The highest BCUT2D eigenvalue weighted by molar-refractivity contribution is 6.33. The maximum absolute atomic E-state index is 12.1. The van der Waals surface area contributed by atoms with Gasteiger partial charge in [0, 0.05) is 6.54 Å². The zero-order chi connectivity index (χ0) is 15.1. The second kappa shape index (κ2) is 8.37. The van der Waals surface area contributed by atoms with Crippen molar-refractivity contribution in [3.05, 3.63) is 29.3 Å². The number of anilines is 1. The van der Waals surface area contributed by atoms with E-state index in [0.717, 1.165) is 26.2 Å². The number of hydrogen-bond donors (Lipinski definition) is 2. The number of carbonyl (C=O) groups excluding carboxylic acids is 1. The van der Waals surface area contributed by atoms with Crippen molar-refractivity contribution in [2.75, 3.05) is 38.0 Å². The lowest BCUT2D eigenvalue weighted by Crippen LogP contribution is -2.41. The molecule has 1 heterocycles. The van der Waals surface area contributed by atoms with Gasteiger partial charge in [-0.1, -0.05) is 30.7 Å². The average Bonchev–Trinajstić information content (AvgIpc) is 2.50. The molecule has 1 atom stereocenters. The Labute approximate surface area is 131 Å². The molecule has 1 aromatic rings. The van der Waals surface area contributed by atoms with Crippen molar-refractivity contribution in [1.29, 1.82) is 0 Å². The van der Waals surface area contributed by atoms with E-state index in [1.54, 1.807) is 6.07 Å². The fraction of sp³-hybridized carbons (Fsp3) is 0.562. The fourth-order valence-electron chi connectivity index (χ4n) is 2.71. The van der Waals surface area contributed by atoms with Gasteiger partial charge in [0.1, 0.15) is 0 Å². The number of halogens is 1. The third-order valence-corrected chi connectivity index (χ3v) is 4.21. The number of para-hydroxylation sites is 1. The molecular formula is C16H24ClN3O. The number of piperidine rings is 1. The van der Waals surface area contributed by atoms with Crippen molar-refractivity contribution in [2.24, 2.45) is 5.92 Å². The molecule has 0 spiro atoms. The molecule has 21 heavy (non-hydrogen) atoms. The standard InChI is InChI=1S/C16H24ClN3O/c1-2-20(11-13-6-5-9-18-10-13)12-16(21)19-15-8-4-3-7-14(15)17/h3-4,7-8,13,18H,2,5-6,9-12H2,1H3,(H,19,21). The highest BCUT2D eigenvalue weighted by Crippen LogP contribution is 2.20. The first kappa shape index (κ1) is 16.3. The summed E-state index contributed by atoms with van der Waals surface area (Å²) in [4.78, 5) is 14.3. The third-order valence-electron chi connectivity index (χ3n) is 3.88. The van der Waals surface area contributed by atoms with E-state index in [2.05, 4.69) is 22.5 Å². The van der Waals surface area contributed by atoms with Crippen molar-refractivity contribution in [2.45, 2.75) is 19.8 Å². The predicted octanol–water partition coefficient (Wildman–Crippen LogP) is 2.60. The molecule has 1 unspecified atom stereocenters. The lowest BCUT2D eigenvalue weighted by molar-refractivity contribution is -0.117. The van der Waals surface area contributed by atoms with E-state index in [-0.39, 0.29) is 5.91 Å². The van der Waals surface area contributed by atoms with Gasteiger partial charge in [0.05, 0.1) is 17.3 Å². The molecule has 0 aromatic heterocycles. The van der Waals surface area contributed by atoms with E-state index >= 15 is 0 Å². The number of nitrogens with one attached hydrogen (secondary N) is 2. The molecular weight excluding hydrogens is 286 g/mol. The second-order valence-corrected chi connectivity index (χ2v) is 5.98. The monoisotopic (exact) mass is 309 g/mol. The molecule has 4 nitrogen and oxygen atoms in total. The topological polar surface area (TPSA) is 44.4 Å². The Morgan fingerprint density at radius 2 is 2.29 bits per heavy atom. The quantitative estimate of drug-likeness (QED) is 0.849. The normalized spacial score (nSPS) is 18.7. The molecule has 0 aliphatic carbocycles. The summed E-state index contributed by atoms with van der Waals surface area (Å²) in [6.07, 6.45) is 2.48. The molecule has 1 saturated heterocycles. The highest BCUT2D eigenvalue weighted by Gasteiger charge is 2.18. The number of amides is 1. The van der Waals surface area contributed by atoms with Crippen molar-refractivity contribution < 1.29 is 4.79 Å². The van der Waals surface area contributed by atoms with Crippen LogP contribution >= 0.6 is 11.6 Å². The van der Waals surface area contributed by atoms with Gasteiger partial charge in [-0.05, 0) is 50.5 Å². The molecule has 2 N–H and O–H groups in total. The zero-order valence-corrected chi connectivity index (χ0v) is 13.3. The summed E-state index contributed by atoms with van der Waals surface area (Å²) in [5, 5.41) is 6.88. The van der Waals surface area contributed by atoms with Crippen LogP contribution < -0.4 is 10.6 Å². The van der Waals surface area contributed by atoms with Gasteiger partial charge < -0.3 is 10.6 Å². The summed E-state index contributed by atoms with van der Waals surface area (Å²) in [6, 6.07) is 7.32. The van der Waals surface area contributed by atoms with Crippen molar-refractivity contribution >= 4 is 23.2 Å². The lowest BCUT2D eigenvalue weighted by Gasteiger charge is -2.29. The van der Waals surface area contributed by atoms with Crippen LogP contribution in [0.1, 0.15) is 19.8 Å². The van der Waals surface area contributed by atoms with Crippen molar-refractivity contribution in [3.8, 4) is 0 Å². The Morgan fingerprint density at radius 3 is 2.95 bits per heavy atom. The van der Waals surface area contributed by atoms with Gasteiger partial charge in [-0.25, -0.2) is 0 Å². The Balaban J connectivity index is 1.83. The lowest BCUT2D eigenvalue weighted by atomic mass is 9.99. The predicted molar refractivity (Wildman–Crippen MR) is 87.8 cm³/mol. The van der Waals surface area contributed by atoms with E-state index in [9.17, 15) is 4.79 Å². The van der Waals surface area contributed by atoms with E-state index < -0.39 is 0 Å². The Kier molecular flexibility index (Phi) is 6.49. The molecule has 2 rings (SSSR count). The molecule has 0 saturated carbocycles. The molecule has 1 aliphatic heterocycles. The number of likely N-dealkylation sites (N-methyl/N-ethyl adjacent to an activating group) is 1. The van der Waals surface area contributed by atoms with E-state index in [0.29, 0.717) is 23.2 Å². The first-order chi connectivity index (χ1) is 10.2. The molecule has 116 valence electrons. The SMILES string of the molecule is CCN(CC(=O)Nc1ccccc1Cl)CC1CCCNC1. The Bertz CT molecular complexity index is 461. The zero-order valence-electron chi connectivity index (χ0n) is 12.6. The van der Waals surface area contributed by atoms with Gasteiger partial charge in [0.15, 0.2) is 0 Å². The number of hydrogen-bond acceptors (Lipinski definition) is 3. The minimum atomic E-state index is -0.00582. The van der Waals surface area contributed by atoms with E-state index in [1.807, 2.05) is 18.2 Å². The van der Waals surface area contributed by atoms with Crippen LogP contribution in [0, 0.1) is 5.92 Å². The van der Waals surface area contributed by atoms with Crippen molar-refractivity contribution in [1.82, 2.24) is 10.2 Å². The summed E-state index contributed by atoms with van der Waals surface area (Å²) >= 11 is 6.06. The van der Waals surface area contributed by atoms with Crippen LogP contribution in [0.5, 0.6) is 0 Å². The van der Waals surface area contributed by atoms with Crippen LogP contribution in [0.4, 0.5) is 5.69 Å². The van der Waals surface area contributed by atoms with Crippen LogP contribution in [-0.2, 0) is 4.79 Å². The summed E-state index contributed by atoms with van der Waals surface area (Å²) in [7, 11) is 0. The fourth-order valence-corrected chi connectivity index (χ4v) is 2.89. The minimum Gasteiger partial charge on any atom is -0.324 e. The van der Waals surface area contributed by atoms with Gasteiger partial charge in [-0.2, -0.15) is 0 Å². The average molecular weight is 310 g/mol. The summed E-state index contributed by atoms with van der Waals surface area (Å²) in [6.45, 7) is 6.54. The van der Waals surface area contributed by atoms with Gasteiger partial charge >= 0.3 is 0 Å². The van der Waals surface area contributed by atoms with Crippen molar-refractivity contribution in [3.63, 3.8) is 0 Å². The van der Waals surface area contributed by atoms with Crippen LogP contribution in [0.15, 0.2) is 24.3 Å². The first-order valence-electron chi connectivity index (χ1n) is 7.66. The second-order valence-electron chi connectivity index (χ2n) is 5.57. The molecule has 0 radical (unpaired) electrons. The summed E-state index contributed by atoms with van der Waals surface area (Å²) in [5.41, 5.74) is 0.680. The number of benzene rings is 1. The molecule has 5 heteroatoms. The smallest absolute Gasteiger partial charge is 0.238 e. The largest absolute Gasteiger partial charge is 0.324 e. The minimum absolute atomic E-state index is 0.00582. The molecule has 1 aromatic carbocycles. The maximum atomic E-state index is 12.1. The first-order valence-corrected chi connectivity index (χ1v) is 8.04. The molecule has 0 bridgehead atoms. The van der Waals surface area contributed by atoms with E-state index in [4.69, 9.17) is 11.6 Å². The van der Waals surface area contributed by atoms with E-state index in [1.165, 1.54) is 12.8 Å². The number of nitrogens with zero attached hydrogens (tertiary/aromatic N) is 1. The van der Waals surface area contributed by atoms with Crippen LogP contribution in [0.3, 0.4) is 0 Å². The Hall–Kier alpha value is -1.10. The maximum Gasteiger partial charge on any atom is 0.238 e. The molecule has 1 amide bonds. The molecule has 1 aliphatic rings. The van der Waals surface area contributed by atoms with Gasteiger partial charge in [-0.3, -0.25) is 9.69 Å². The van der Waals surface area contributed by atoms with Crippen LogP contribution in [-0.4, -0.2) is 43.5 Å². The number of rotatable bonds is 6. The van der Waals surface area contributed by atoms with Crippen LogP contribution in [0.25, 0.3) is 0 Å². The number of carbonyl (C=O) groups is 1.